The van der Waals surface area contributed by atoms with Gasteiger partial charge >= 0.3 is 0 Å². The van der Waals surface area contributed by atoms with Crippen molar-refractivity contribution in [2.45, 2.75) is 50.7 Å². The minimum atomic E-state index is 0.470. The lowest BCUT2D eigenvalue weighted by molar-refractivity contribution is 0.177. The van der Waals surface area contributed by atoms with Crippen LogP contribution in [0.4, 0.5) is 0 Å². The average Bonchev–Trinajstić information content (AvgIpc) is 3.00. The van der Waals surface area contributed by atoms with E-state index in [4.69, 9.17) is 5.26 Å². The third kappa shape index (κ3) is 2.50. The van der Waals surface area contributed by atoms with Crippen LogP contribution >= 0.6 is 0 Å². The predicted molar refractivity (Wildman–Crippen MR) is 60.5 cm³/mol. The molecule has 0 amide bonds. The highest BCUT2D eigenvalue weighted by Crippen LogP contribution is 2.31. The van der Waals surface area contributed by atoms with E-state index in [1.54, 1.807) is 0 Å². The lowest BCUT2D eigenvalue weighted by Gasteiger charge is -2.29. The van der Waals surface area contributed by atoms with E-state index in [2.05, 4.69) is 29.8 Å². The van der Waals surface area contributed by atoms with Crippen molar-refractivity contribution in [3.63, 3.8) is 0 Å². The summed E-state index contributed by atoms with van der Waals surface area (Å²) in [7, 11) is 2.19. The Hall–Kier alpha value is -0.590. The van der Waals surface area contributed by atoms with Gasteiger partial charge < -0.3 is 4.90 Å². The van der Waals surface area contributed by atoms with Gasteiger partial charge in [-0.05, 0) is 33.2 Å². The minimum absolute atomic E-state index is 0.470. The molecule has 0 bridgehead atoms. The highest BCUT2D eigenvalue weighted by molar-refractivity contribution is 4.95. The molecule has 0 aromatic heterocycles. The second-order valence-electron chi connectivity index (χ2n) is 5.06. The summed E-state index contributed by atoms with van der Waals surface area (Å²) in [6.45, 7) is 4.54. The first-order valence-corrected chi connectivity index (χ1v) is 6.05. The summed E-state index contributed by atoms with van der Waals surface area (Å²) in [4.78, 5) is 4.99. The number of nitriles is 1. The van der Waals surface area contributed by atoms with Gasteiger partial charge in [-0.1, -0.05) is 0 Å². The van der Waals surface area contributed by atoms with Gasteiger partial charge in [0.2, 0.25) is 0 Å². The third-order valence-electron chi connectivity index (χ3n) is 3.87. The first-order valence-electron chi connectivity index (χ1n) is 6.05. The number of rotatable bonds is 2. The molecule has 1 heterocycles. The fourth-order valence-electron chi connectivity index (χ4n) is 2.53. The van der Waals surface area contributed by atoms with Crippen LogP contribution in [0.1, 0.15) is 32.6 Å². The van der Waals surface area contributed by atoms with Crippen LogP contribution in [0.25, 0.3) is 0 Å². The van der Waals surface area contributed by atoms with Crippen LogP contribution in [0.2, 0.25) is 0 Å². The maximum atomic E-state index is 8.89. The van der Waals surface area contributed by atoms with Crippen LogP contribution in [0.3, 0.4) is 0 Å². The first-order chi connectivity index (χ1) is 7.22. The summed E-state index contributed by atoms with van der Waals surface area (Å²) in [5.74, 6) is 0. The zero-order chi connectivity index (χ0) is 10.8. The van der Waals surface area contributed by atoms with E-state index in [-0.39, 0.29) is 0 Å². The monoisotopic (exact) mass is 207 g/mol. The quantitative estimate of drug-likeness (QED) is 0.686. The molecule has 0 N–H and O–H groups in total. The Balaban J connectivity index is 2.04. The van der Waals surface area contributed by atoms with Gasteiger partial charge in [-0.2, -0.15) is 5.26 Å². The molecular formula is C12H21N3. The lowest BCUT2D eigenvalue weighted by atomic mass is 10.2. The molecule has 1 saturated heterocycles. The summed E-state index contributed by atoms with van der Waals surface area (Å²) in [5.41, 5.74) is 0. The molecule has 15 heavy (non-hydrogen) atoms. The summed E-state index contributed by atoms with van der Waals surface area (Å²) < 4.78 is 0. The van der Waals surface area contributed by atoms with Crippen molar-refractivity contribution in [2.75, 3.05) is 20.1 Å². The van der Waals surface area contributed by atoms with Crippen molar-refractivity contribution in [3.8, 4) is 6.07 Å². The molecule has 1 aliphatic carbocycles. The molecule has 2 rings (SSSR count). The van der Waals surface area contributed by atoms with Crippen molar-refractivity contribution in [1.82, 2.24) is 9.80 Å². The Bertz CT molecular complexity index is 254. The Morgan fingerprint density at radius 2 is 2.07 bits per heavy atom. The van der Waals surface area contributed by atoms with Gasteiger partial charge in [0.1, 0.15) is 0 Å². The van der Waals surface area contributed by atoms with Crippen LogP contribution in [0.5, 0.6) is 0 Å². The molecule has 0 aromatic carbocycles. The van der Waals surface area contributed by atoms with Crippen LogP contribution < -0.4 is 0 Å². The summed E-state index contributed by atoms with van der Waals surface area (Å²) in [6.07, 6.45) is 4.63. The summed E-state index contributed by atoms with van der Waals surface area (Å²) in [5, 5.41) is 8.89. The van der Waals surface area contributed by atoms with Gasteiger partial charge in [0.15, 0.2) is 0 Å². The molecule has 2 unspecified atom stereocenters. The molecular weight excluding hydrogens is 186 g/mol. The van der Waals surface area contributed by atoms with Crippen LogP contribution in [-0.2, 0) is 0 Å². The van der Waals surface area contributed by atoms with Crippen molar-refractivity contribution in [2.24, 2.45) is 0 Å². The van der Waals surface area contributed by atoms with Crippen molar-refractivity contribution < 1.29 is 0 Å². The molecule has 84 valence electrons. The maximum Gasteiger partial charge on any atom is 0.0638 e. The smallest absolute Gasteiger partial charge is 0.0638 e. The largest absolute Gasteiger partial charge is 0.302 e. The van der Waals surface area contributed by atoms with Crippen LogP contribution in [-0.4, -0.2) is 48.1 Å². The first kappa shape index (κ1) is 10.9. The third-order valence-corrected chi connectivity index (χ3v) is 3.87. The van der Waals surface area contributed by atoms with E-state index in [0.717, 1.165) is 12.6 Å². The molecule has 2 aliphatic rings. The fourth-order valence-corrected chi connectivity index (χ4v) is 2.53. The molecule has 2 atom stereocenters. The van der Waals surface area contributed by atoms with E-state index in [1.165, 1.54) is 25.8 Å². The SMILES string of the molecule is CC1CCN(C2CC2)C(CC#N)CN1C. The molecule has 3 heteroatoms. The van der Waals surface area contributed by atoms with Gasteiger partial charge in [-0.3, -0.25) is 4.90 Å². The number of hydrogen-bond acceptors (Lipinski definition) is 3. The zero-order valence-electron chi connectivity index (χ0n) is 9.82. The Morgan fingerprint density at radius 3 is 2.67 bits per heavy atom. The highest BCUT2D eigenvalue weighted by atomic mass is 15.3. The standard InChI is InChI=1S/C12H21N3/c1-10-6-8-15(11-3-4-11)12(5-7-13)9-14(10)2/h10-12H,3-6,8-9H2,1-2H3. The average molecular weight is 207 g/mol. The molecule has 2 fully saturated rings. The number of hydrogen-bond donors (Lipinski definition) is 0. The predicted octanol–water partition coefficient (Wildman–Crippen LogP) is 1.46. The molecule has 0 spiro atoms. The Labute approximate surface area is 92.7 Å². The molecule has 3 nitrogen and oxygen atoms in total. The maximum absolute atomic E-state index is 8.89. The number of nitrogens with zero attached hydrogens (tertiary/aromatic N) is 3. The van der Waals surface area contributed by atoms with Gasteiger partial charge in [-0.25, -0.2) is 0 Å². The fraction of sp³-hybridized carbons (Fsp3) is 0.917. The zero-order valence-corrected chi connectivity index (χ0v) is 9.82. The van der Waals surface area contributed by atoms with Gasteiger partial charge in [0, 0.05) is 31.2 Å². The minimum Gasteiger partial charge on any atom is -0.302 e. The summed E-state index contributed by atoms with van der Waals surface area (Å²) >= 11 is 0. The normalized spacial score (nSPS) is 34.7. The highest BCUT2D eigenvalue weighted by Gasteiger charge is 2.36. The van der Waals surface area contributed by atoms with Gasteiger partial charge in [-0.15, -0.1) is 0 Å². The molecule has 0 aromatic rings. The van der Waals surface area contributed by atoms with Crippen molar-refractivity contribution in [3.05, 3.63) is 0 Å². The van der Waals surface area contributed by atoms with E-state index in [0.29, 0.717) is 18.5 Å². The second-order valence-corrected chi connectivity index (χ2v) is 5.06. The Kier molecular flexibility index (Phi) is 3.28. The molecule has 1 saturated carbocycles. The molecule has 0 radical (unpaired) electrons. The van der Waals surface area contributed by atoms with Crippen LogP contribution in [0, 0.1) is 11.3 Å². The van der Waals surface area contributed by atoms with E-state index in [9.17, 15) is 0 Å². The lowest BCUT2D eigenvalue weighted by Crippen LogP contribution is -2.41. The van der Waals surface area contributed by atoms with E-state index in [1.807, 2.05) is 0 Å². The van der Waals surface area contributed by atoms with Gasteiger partial charge in [0.25, 0.3) is 0 Å². The number of likely N-dealkylation sites (N-methyl/N-ethyl adjacent to an activating group) is 1. The van der Waals surface area contributed by atoms with Crippen molar-refractivity contribution >= 4 is 0 Å². The second kappa shape index (κ2) is 4.51. The van der Waals surface area contributed by atoms with Crippen LogP contribution in [0.15, 0.2) is 0 Å². The van der Waals surface area contributed by atoms with Crippen molar-refractivity contribution in [1.29, 1.82) is 5.26 Å². The van der Waals surface area contributed by atoms with Gasteiger partial charge in [0.05, 0.1) is 12.5 Å². The van der Waals surface area contributed by atoms with E-state index >= 15 is 0 Å². The Morgan fingerprint density at radius 1 is 1.33 bits per heavy atom. The molecule has 1 aliphatic heterocycles. The van der Waals surface area contributed by atoms with E-state index < -0.39 is 0 Å². The topological polar surface area (TPSA) is 30.3 Å². The summed E-state index contributed by atoms with van der Waals surface area (Å²) in [6, 6.07) is 4.27.